The number of esters is 1. The van der Waals surface area contributed by atoms with Crippen molar-refractivity contribution in [2.24, 2.45) is 0 Å². The number of aryl methyl sites for hydroxylation is 1. The van der Waals surface area contributed by atoms with E-state index in [1.165, 1.54) is 12.1 Å². The molecular weight excluding hydrogens is 384 g/mol. The van der Waals surface area contributed by atoms with Crippen LogP contribution in [0.4, 0.5) is 0 Å². The molecule has 6 heteroatoms. The SMILES string of the molecule is CCOc1ccc2c(=O)cc(CC)oc2c1COC(=O)/C=C/c1ccc(OC)cc1. The lowest BCUT2D eigenvalue weighted by Crippen LogP contribution is -2.08. The summed E-state index contributed by atoms with van der Waals surface area (Å²) in [5.74, 6) is 1.31. The fraction of sp³-hybridized carbons (Fsp3) is 0.250. The van der Waals surface area contributed by atoms with E-state index in [1.807, 2.05) is 38.1 Å². The summed E-state index contributed by atoms with van der Waals surface area (Å²) in [7, 11) is 1.59. The number of hydrogen-bond acceptors (Lipinski definition) is 6. The number of benzene rings is 2. The number of hydrogen-bond donors (Lipinski definition) is 0. The van der Waals surface area contributed by atoms with Crippen LogP contribution in [0.3, 0.4) is 0 Å². The third-order valence-corrected chi connectivity index (χ3v) is 4.54. The Kier molecular flexibility index (Phi) is 6.91. The fourth-order valence-corrected chi connectivity index (χ4v) is 2.98. The van der Waals surface area contributed by atoms with E-state index < -0.39 is 5.97 Å². The number of ether oxygens (including phenoxy) is 3. The van der Waals surface area contributed by atoms with E-state index in [0.717, 1.165) is 11.3 Å². The standard InChI is InChI=1S/C24H24O6/c1-4-17-14-21(25)19-11-12-22(28-5-2)20(24(19)30-17)15-29-23(26)13-8-16-6-9-18(27-3)10-7-16/h6-14H,4-5,15H2,1-3H3/b13-8+. The second-order valence-corrected chi connectivity index (χ2v) is 6.50. The van der Waals surface area contributed by atoms with E-state index in [1.54, 1.807) is 25.3 Å². The second kappa shape index (κ2) is 9.78. The van der Waals surface area contributed by atoms with Crippen molar-refractivity contribution >= 4 is 23.0 Å². The van der Waals surface area contributed by atoms with Crippen LogP contribution in [-0.2, 0) is 22.6 Å². The van der Waals surface area contributed by atoms with Gasteiger partial charge in [-0.2, -0.15) is 0 Å². The lowest BCUT2D eigenvalue weighted by Gasteiger charge is -2.13. The molecule has 0 saturated carbocycles. The molecule has 0 N–H and O–H groups in total. The van der Waals surface area contributed by atoms with Crippen molar-refractivity contribution in [3.63, 3.8) is 0 Å². The van der Waals surface area contributed by atoms with Crippen molar-refractivity contribution in [1.29, 1.82) is 0 Å². The summed E-state index contributed by atoms with van der Waals surface area (Å²) in [4.78, 5) is 24.6. The van der Waals surface area contributed by atoms with Crippen molar-refractivity contribution in [2.75, 3.05) is 13.7 Å². The largest absolute Gasteiger partial charge is 0.497 e. The lowest BCUT2D eigenvalue weighted by molar-refractivity contribution is -0.138. The first-order chi connectivity index (χ1) is 14.5. The molecule has 1 aromatic heterocycles. The Labute approximate surface area is 174 Å². The summed E-state index contributed by atoms with van der Waals surface area (Å²) in [6.45, 7) is 4.12. The van der Waals surface area contributed by atoms with Gasteiger partial charge < -0.3 is 18.6 Å². The molecule has 2 aromatic carbocycles. The van der Waals surface area contributed by atoms with E-state index in [9.17, 15) is 9.59 Å². The molecular formula is C24H24O6. The van der Waals surface area contributed by atoms with Gasteiger partial charge in [-0.15, -0.1) is 0 Å². The average molecular weight is 408 g/mol. The quantitative estimate of drug-likeness (QED) is 0.403. The third-order valence-electron chi connectivity index (χ3n) is 4.54. The predicted molar refractivity (Wildman–Crippen MR) is 115 cm³/mol. The average Bonchev–Trinajstić information content (AvgIpc) is 2.77. The summed E-state index contributed by atoms with van der Waals surface area (Å²) in [5.41, 5.74) is 1.62. The molecule has 3 aromatic rings. The maximum Gasteiger partial charge on any atom is 0.331 e. The highest BCUT2D eigenvalue weighted by atomic mass is 16.5. The molecule has 30 heavy (non-hydrogen) atoms. The van der Waals surface area contributed by atoms with E-state index >= 15 is 0 Å². The van der Waals surface area contributed by atoms with Crippen molar-refractivity contribution in [2.45, 2.75) is 26.9 Å². The van der Waals surface area contributed by atoms with Gasteiger partial charge in [-0.3, -0.25) is 4.79 Å². The molecule has 0 aliphatic heterocycles. The van der Waals surface area contributed by atoms with Crippen molar-refractivity contribution in [1.82, 2.24) is 0 Å². The Morgan fingerprint density at radius 1 is 1.10 bits per heavy atom. The van der Waals surface area contributed by atoms with Gasteiger partial charge in [0.05, 0.1) is 24.7 Å². The molecule has 0 aliphatic rings. The molecule has 156 valence electrons. The zero-order chi connectivity index (χ0) is 21.5. The highest BCUT2D eigenvalue weighted by molar-refractivity contribution is 5.87. The topological polar surface area (TPSA) is 75.0 Å². The summed E-state index contributed by atoms with van der Waals surface area (Å²) in [6, 6.07) is 12.1. The second-order valence-electron chi connectivity index (χ2n) is 6.50. The highest BCUT2D eigenvalue weighted by Gasteiger charge is 2.16. The Morgan fingerprint density at radius 2 is 1.87 bits per heavy atom. The van der Waals surface area contributed by atoms with Crippen LogP contribution in [0.15, 0.2) is 57.8 Å². The van der Waals surface area contributed by atoms with Gasteiger partial charge in [-0.1, -0.05) is 19.1 Å². The first kappa shape index (κ1) is 21.2. The van der Waals surface area contributed by atoms with Crippen LogP contribution in [-0.4, -0.2) is 19.7 Å². The molecule has 0 spiro atoms. The zero-order valence-electron chi connectivity index (χ0n) is 17.3. The van der Waals surface area contributed by atoms with Crippen molar-refractivity contribution in [3.8, 4) is 11.5 Å². The number of methoxy groups -OCH3 is 1. The molecule has 0 aliphatic carbocycles. The molecule has 0 unspecified atom stereocenters. The van der Waals surface area contributed by atoms with Gasteiger partial charge >= 0.3 is 5.97 Å². The number of carbonyl (C=O) groups is 1. The monoisotopic (exact) mass is 408 g/mol. The molecule has 0 radical (unpaired) electrons. The smallest absolute Gasteiger partial charge is 0.331 e. The van der Waals surface area contributed by atoms with Crippen LogP contribution < -0.4 is 14.9 Å². The highest BCUT2D eigenvalue weighted by Crippen LogP contribution is 2.28. The molecule has 0 bridgehead atoms. The molecule has 0 fully saturated rings. The van der Waals surface area contributed by atoms with Gasteiger partial charge in [0.2, 0.25) is 0 Å². The van der Waals surface area contributed by atoms with E-state index in [-0.39, 0.29) is 12.0 Å². The molecule has 1 heterocycles. The minimum Gasteiger partial charge on any atom is -0.497 e. The van der Waals surface area contributed by atoms with Crippen LogP contribution in [0.2, 0.25) is 0 Å². The van der Waals surface area contributed by atoms with Gasteiger partial charge in [0, 0.05) is 18.6 Å². The summed E-state index contributed by atoms with van der Waals surface area (Å²) >= 11 is 0. The predicted octanol–water partition coefficient (Wildman–Crippen LogP) is 4.52. The molecule has 3 rings (SSSR count). The normalized spacial score (nSPS) is 11.0. The van der Waals surface area contributed by atoms with Crippen LogP contribution in [0, 0.1) is 0 Å². The van der Waals surface area contributed by atoms with Gasteiger partial charge in [0.25, 0.3) is 0 Å². The summed E-state index contributed by atoms with van der Waals surface area (Å²) in [5, 5.41) is 0.426. The third kappa shape index (κ3) is 4.89. The van der Waals surface area contributed by atoms with Gasteiger partial charge in [0.1, 0.15) is 29.4 Å². The summed E-state index contributed by atoms with van der Waals surface area (Å²) in [6.07, 6.45) is 3.58. The number of carbonyl (C=O) groups excluding carboxylic acids is 1. The first-order valence-electron chi connectivity index (χ1n) is 9.76. The zero-order valence-corrected chi connectivity index (χ0v) is 17.3. The maximum absolute atomic E-state index is 12.4. The van der Waals surface area contributed by atoms with Crippen LogP contribution >= 0.6 is 0 Å². The molecule has 6 nitrogen and oxygen atoms in total. The van der Waals surface area contributed by atoms with Crippen molar-refractivity contribution in [3.05, 3.63) is 75.7 Å². The van der Waals surface area contributed by atoms with Gasteiger partial charge in [-0.05, 0) is 42.8 Å². The molecule has 0 saturated heterocycles. The number of fused-ring (bicyclic) bond motifs is 1. The number of rotatable bonds is 8. The Hall–Kier alpha value is -3.54. The van der Waals surface area contributed by atoms with E-state index in [0.29, 0.717) is 41.1 Å². The van der Waals surface area contributed by atoms with E-state index in [4.69, 9.17) is 18.6 Å². The van der Waals surface area contributed by atoms with E-state index in [2.05, 4.69) is 0 Å². The van der Waals surface area contributed by atoms with Crippen LogP contribution in [0.25, 0.3) is 17.0 Å². The van der Waals surface area contributed by atoms with Crippen molar-refractivity contribution < 1.29 is 23.4 Å². The lowest BCUT2D eigenvalue weighted by atomic mass is 10.1. The Balaban J connectivity index is 1.83. The fourth-order valence-electron chi connectivity index (χ4n) is 2.98. The molecule has 0 amide bonds. The van der Waals surface area contributed by atoms with Crippen LogP contribution in [0.1, 0.15) is 30.7 Å². The first-order valence-corrected chi connectivity index (χ1v) is 9.76. The molecule has 0 atom stereocenters. The Bertz CT molecular complexity index is 1110. The Morgan fingerprint density at radius 3 is 2.53 bits per heavy atom. The van der Waals surface area contributed by atoms with Gasteiger partial charge in [-0.25, -0.2) is 4.79 Å². The van der Waals surface area contributed by atoms with Crippen LogP contribution in [0.5, 0.6) is 11.5 Å². The maximum atomic E-state index is 12.4. The minimum absolute atomic E-state index is 0.0748. The van der Waals surface area contributed by atoms with Gasteiger partial charge in [0.15, 0.2) is 5.43 Å². The summed E-state index contributed by atoms with van der Waals surface area (Å²) < 4.78 is 22.1. The minimum atomic E-state index is -0.515.